The number of rotatable bonds is 4. The number of anilines is 1. The van der Waals surface area contributed by atoms with Gasteiger partial charge in [0.15, 0.2) is 9.84 Å². The van der Waals surface area contributed by atoms with E-state index in [0.29, 0.717) is 5.56 Å². The number of aromatic carboxylic acids is 1. The van der Waals surface area contributed by atoms with Crippen molar-refractivity contribution >= 4 is 27.4 Å². The Labute approximate surface area is 152 Å². The van der Waals surface area contributed by atoms with Crippen LogP contribution < -0.4 is 5.32 Å². The van der Waals surface area contributed by atoms with Crippen LogP contribution in [0.3, 0.4) is 0 Å². The molecule has 6 nitrogen and oxygen atoms in total. The van der Waals surface area contributed by atoms with E-state index in [4.69, 9.17) is 5.11 Å². The van der Waals surface area contributed by atoms with Gasteiger partial charge in [-0.1, -0.05) is 32.9 Å². The van der Waals surface area contributed by atoms with E-state index in [1.165, 1.54) is 12.1 Å². The highest BCUT2D eigenvalue weighted by Gasteiger charge is 2.17. The summed E-state index contributed by atoms with van der Waals surface area (Å²) < 4.78 is 23.5. The number of nitrogens with one attached hydrogen (secondary N) is 1. The summed E-state index contributed by atoms with van der Waals surface area (Å²) in [5.74, 6) is -1.73. The minimum atomic E-state index is -3.62. The van der Waals surface area contributed by atoms with Gasteiger partial charge in [0.2, 0.25) is 0 Å². The molecule has 7 heteroatoms. The molecule has 2 aromatic carbocycles. The first-order valence-corrected chi connectivity index (χ1v) is 9.77. The third-order valence-corrected chi connectivity index (χ3v) is 4.94. The first kappa shape index (κ1) is 19.7. The van der Waals surface area contributed by atoms with E-state index >= 15 is 0 Å². The highest BCUT2D eigenvalue weighted by Crippen LogP contribution is 2.23. The fraction of sp³-hybridized carbons (Fsp3) is 0.263. The third kappa shape index (κ3) is 4.70. The molecule has 26 heavy (non-hydrogen) atoms. The van der Waals surface area contributed by atoms with Crippen molar-refractivity contribution in [2.75, 3.05) is 11.6 Å². The van der Waals surface area contributed by atoms with Crippen molar-refractivity contribution in [1.82, 2.24) is 0 Å². The molecule has 0 aliphatic rings. The van der Waals surface area contributed by atoms with Crippen LogP contribution in [0.25, 0.3) is 0 Å². The number of sulfone groups is 1. The largest absolute Gasteiger partial charge is 0.478 e. The van der Waals surface area contributed by atoms with Crippen LogP contribution in [0.1, 0.15) is 47.1 Å². The fourth-order valence-electron chi connectivity index (χ4n) is 2.33. The number of carboxylic acid groups (broad SMARTS) is 1. The average molecular weight is 375 g/mol. The molecule has 0 bridgehead atoms. The zero-order chi connectivity index (χ0) is 19.7. The monoisotopic (exact) mass is 375 g/mol. The SMILES string of the molecule is CC(C)(C)c1ccc(C(=O)Nc2cc(C(=O)O)cc(S(C)(=O)=O)c2)cc1. The zero-order valence-electron chi connectivity index (χ0n) is 15.0. The smallest absolute Gasteiger partial charge is 0.335 e. The van der Waals surface area contributed by atoms with Crippen LogP contribution in [-0.2, 0) is 15.3 Å². The first-order chi connectivity index (χ1) is 11.9. The minimum absolute atomic E-state index is 0.0464. The van der Waals surface area contributed by atoms with Crippen molar-refractivity contribution < 1.29 is 23.1 Å². The molecule has 0 aliphatic carbocycles. The van der Waals surface area contributed by atoms with Crippen molar-refractivity contribution in [2.45, 2.75) is 31.1 Å². The molecule has 0 atom stereocenters. The van der Waals surface area contributed by atoms with E-state index in [1.54, 1.807) is 12.1 Å². The summed E-state index contributed by atoms with van der Waals surface area (Å²) in [6.07, 6.45) is 0.977. The van der Waals surface area contributed by atoms with Gasteiger partial charge in [-0.15, -0.1) is 0 Å². The summed E-state index contributed by atoms with van der Waals surface area (Å²) in [7, 11) is -3.62. The summed E-state index contributed by atoms with van der Waals surface area (Å²) in [6.45, 7) is 6.19. The Morgan fingerprint density at radius 2 is 1.54 bits per heavy atom. The van der Waals surface area contributed by atoms with E-state index in [1.807, 2.05) is 12.1 Å². The number of carbonyl (C=O) groups excluding carboxylic acids is 1. The number of hydrogen-bond donors (Lipinski definition) is 2. The second-order valence-corrected chi connectivity index (χ2v) is 9.12. The summed E-state index contributed by atoms with van der Waals surface area (Å²) in [6, 6.07) is 10.6. The van der Waals surface area contributed by atoms with Gasteiger partial charge in [0.25, 0.3) is 5.91 Å². The lowest BCUT2D eigenvalue weighted by Crippen LogP contribution is -2.15. The second-order valence-electron chi connectivity index (χ2n) is 7.10. The Morgan fingerprint density at radius 1 is 0.962 bits per heavy atom. The van der Waals surface area contributed by atoms with Crippen molar-refractivity contribution in [3.05, 3.63) is 59.2 Å². The van der Waals surface area contributed by atoms with Crippen molar-refractivity contribution in [1.29, 1.82) is 0 Å². The molecule has 0 aromatic heterocycles. The fourth-order valence-corrected chi connectivity index (χ4v) is 3.02. The molecule has 0 unspecified atom stereocenters. The topological polar surface area (TPSA) is 101 Å². The van der Waals surface area contributed by atoms with Crippen LogP contribution in [0.5, 0.6) is 0 Å². The molecule has 138 valence electrons. The lowest BCUT2D eigenvalue weighted by molar-refractivity contribution is 0.0696. The predicted molar refractivity (Wildman–Crippen MR) is 99.6 cm³/mol. The van der Waals surface area contributed by atoms with E-state index in [0.717, 1.165) is 17.9 Å². The van der Waals surface area contributed by atoms with E-state index in [9.17, 15) is 18.0 Å². The standard InChI is InChI=1S/C19H21NO5S/c1-19(2,3)14-7-5-12(6-8-14)17(21)20-15-9-13(18(22)23)10-16(11-15)26(4,24)25/h5-11H,1-4H3,(H,20,21)(H,22,23). The summed E-state index contributed by atoms with van der Waals surface area (Å²) in [5, 5.41) is 11.7. The molecule has 2 rings (SSSR count). The van der Waals surface area contributed by atoms with Crippen LogP contribution in [0.4, 0.5) is 5.69 Å². The molecule has 0 saturated carbocycles. The Morgan fingerprint density at radius 3 is 2.00 bits per heavy atom. The molecule has 0 fully saturated rings. The van der Waals surface area contributed by atoms with Gasteiger partial charge in [-0.3, -0.25) is 4.79 Å². The lowest BCUT2D eigenvalue weighted by atomic mass is 9.87. The molecule has 0 saturated heterocycles. The first-order valence-electron chi connectivity index (χ1n) is 7.88. The van der Waals surface area contributed by atoms with Crippen molar-refractivity contribution in [2.24, 2.45) is 0 Å². The summed E-state index contributed by atoms with van der Waals surface area (Å²) in [4.78, 5) is 23.5. The average Bonchev–Trinajstić information content (AvgIpc) is 2.53. The highest BCUT2D eigenvalue weighted by molar-refractivity contribution is 7.90. The second kappa shape index (κ2) is 6.92. The number of amides is 1. The van der Waals surface area contributed by atoms with Crippen LogP contribution in [0, 0.1) is 0 Å². The Bertz CT molecular complexity index is 954. The normalized spacial score (nSPS) is 11.8. The maximum atomic E-state index is 12.4. The molecule has 0 spiro atoms. The zero-order valence-corrected chi connectivity index (χ0v) is 15.8. The van der Waals surface area contributed by atoms with Gasteiger partial charge in [-0.25, -0.2) is 13.2 Å². The van der Waals surface area contributed by atoms with Gasteiger partial charge < -0.3 is 10.4 Å². The molecular formula is C19H21NO5S. The Balaban J connectivity index is 2.34. The van der Waals surface area contributed by atoms with Gasteiger partial charge in [0.1, 0.15) is 0 Å². The van der Waals surface area contributed by atoms with Gasteiger partial charge in [0.05, 0.1) is 10.5 Å². The maximum Gasteiger partial charge on any atom is 0.335 e. The molecule has 0 heterocycles. The van der Waals surface area contributed by atoms with Crippen LogP contribution >= 0.6 is 0 Å². The predicted octanol–water partition coefficient (Wildman–Crippen LogP) is 3.34. The van der Waals surface area contributed by atoms with Gasteiger partial charge in [-0.2, -0.15) is 0 Å². The number of carboxylic acids is 1. The molecule has 2 aromatic rings. The summed E-state index contributed by atoms with van der Waals surface area (Å²) >= 11 is 0. The van der Waals surface area contributed by atoms with Crippen molar-refractivity contribution in [3.8, 4) is 0 Å². The highest BCUT2D eigenvalue weighted by atomic mass is 32.2. The number of carbonyl (C=O) groups is 2. The van der Waals surface area contributed by atoms with Gasteiger partial charge in [0, 0.05) is 17.5 Å². The van der Waals surface area contributed by atoms with Crippen LogP contribution in [0.2, 0.25) is 0 Å². The number of hydrogen-bond acceptors (Lipinski definition) is 4. The van der Waals surface area contributed by atoms with Crippen LogP contribution in [-0.4, -0.2) is 31.7 Å². The van der Waals surface area contributed by atoms with Gasteiger partial charge in [-0.05, 0) is 41.3 Å². The van der Waals surface area contributed by atoms with E-state index in [2.05, 4.69) is 26.1 Å². The Hall–Kier alpha value is -2.67. The van der Waals surface area contributed by atoms with E-state index < -0.39 is 21.7 Å². The Kier molecular flexibility index (Phi) is 5.23. The lowest BCUT2D eigenvalue weighted by Gasteiger charge is -2.19. The summed E-state index contributed by atoms with van der Waals surface area (Å²) in [5.41, 5.74) is 1.30. The van der Waals surface area contributed by atoms with Crippen molar-refractivity contribution in [3.63, 3.8) is 0 Å². The van der Waals surface area contributed by atoms with Gasteiger partial charge >= 0.3 is 5.97 Å². The van der Waals surface area contributed by atoms with E-state index in [-0.39, 0.29) is 21.6 Å². The number of benzene rings is 2. The molecule has 1 amide bonds. The minimum Gasteiger partial charge on any atom is -0.478 e. The quantitative estimate of drug-likeness (QED) is 0.854. The molecular weight excluding hydrogens is 354 g/mol. The third-order valence-electron chi connectivity index (χ3n) is 3.85. The van der Waals surface area contributed by atoms with Crippen LogP contribution in [0.15, 0.2) is 47.4 Å². The molecule has 2 N–H and O–H groups in total. The molecule has 0 aliphatic heterocycles. The molecule has 0 radical (unpaired) electrons. The maximum absolute atomic E-state index is 12.4.